The number of fused-ring (bicyclic) bond motifs is 1. The number of aromatic amines is 1. The number of nitrogens with one attached hydrogen (secondary N) is 2. The molecule has 0 spiro atoms. The van der Waals surface area contributed by atoms with Crippen molar-refractivity contribution in [2.75, 3.05) is 32.1 Å². The molecule has 2 heterocycles. The van der Waals surface area contributed by atoms with E-state index >= 15 is 0 Å². The zero-order chi connectivity index (χ0) is 29.1. The summed E-state index contributed by atoms with van der Waals surface area (Å²) in [6.45, 7) is 3.47. The number of aromatic nitrogens is 2. The average molecular weight is 567 g/mol. The zero-order valence-corrected chi connectivity index (χ0v) is 22.5. The molecule has 0 bridgehead atoms. The van der Waals surface area contributed by atoms with E-state index in [4.69, 9.17) is 9.47 Å². The number of piperidine rings is 1. The van der Waals surface area contributed by atoms with Crippen molar-refractivity contribution in [1.82, 2.24) is 15.1 Å². The molecule has 1 fully saturated rings. The molecule has 3 aromatic carbocycles. The Morgan fingerprint density at radius 2 is 1.73 bits per heavy atom. The van der Waals surface area contributed by atoms with Gasteiger partial charge in [0.15, 0.2) is 5.69 Å². The molecule has 0 unspecified atom stereocenters. The number of benzene rings is 3. The standard InChI is InChI=1S/C30H29F3N4O4/c1-3-40-29(39)27-23-10-6-19(17-25(23)35-36-27)18-4-8-21(9-5-18)34-28(38)20-7-11-26(24(16-20)30(31,32)33)41-22-12-14-37(2)15-13-22/h4-11,16-17,22H,3,12-15H2,1-2H3,(H,34,38)(H,35,36). The average Bonchev–Trinajstić information content (AvgIpc) is 3.38. The van der Waals surface area contributed by atoms with Crippen molar-refractivity contribution >= 4 is 28.5 Å². The van der Waals surface area contributed by atoms with Crippen LogP contribution in [0.5, 0.6) is 5.75 Å². The molecule has 11 heteroatoms. The van der Waals surface area contributed by atoms with Crippen molar-refractivity contribution in [3.8, 4) is 16.9 Å². The second-order valence-corrected chi connectivity index (χ2v) is 9.91. The first-order chi connectivity index (χ1) is 19.6. The fraction of sp³-hybridized carbons (Fsp3) is 0.300. The van der Waals surface area contributed by atoms with Crippen LogP contribution in [0.3, 0.4) is 0 Å². The van der Waals surface area contributed by atoms with Gasteiger partial charge in [0.25, 0.3) is 5.91 Å². The predicted molar refractivity (Wildman–Crippen MR) is 148 cm³/mol. The Hall–Kier alpha value is -4.38. The largest absolute Gasteiger partial charge is 0.490 e. The maximum atomic E-state index is 13.9. The summed E-state index contributed by atoms with van der Waals surface area (Å²) < 4.78 is 52.3. The summed E-state index contributed by atoms with van der Waals surface area (Å²) in [5.74, 6) is -1.44. The van der Waals surface area contributed by atoms with E-state index in [-0.39, 0.29) is 29.7 Å². The molecule has 4 aromatic rings. The van der Waals surface area contributed by atoms with Crippen LogP contribution in [0.2, 0.25) is 0 Å². The van der Waals surface area contributed by atoms with Gasteiger partial charge < -0.3 is 19.7 Å². The van der Waals surface area contributed by atoms with Crippen LogP contribution in [-0.4, -0.2) is 59.8 Å². The SMILES string of the molecule is CCOC(=O)c1n[nH]c2cc(-c3ccc(NC(=O)c4ccc(OC5CCN(C)CC5)c(C(F)(F)F)c4)cc3)ccc12. The van der Waals surface area contributed by atoms with Gasteiger partial charge in [0.1, 0.15) is 11.9 Å². The van der Waals surface area contributed by atoms with E-state index in [0.29, 0.717) is 29.4 Å². The monoisotopic (exact) mass is 566 g/mol. The van der Waals surface area contributed by atoms with Gasteiger partial charge >= 0.3 is 12.1 Å². The molecule has 41 heavy (non-hydrogen) atoms. The highest BCUT2D eigenvalue weighted by atomic mass is 19.4. The molecule has 214 valence electrons. The van der Waals surface area contributed by atoms with Gasteiger partial charge in [0, 0.05) is 29.7 Å². The molecule has 0 saturated carbocycles. The minimum absolute atomic E-state index is 0.126. The summed E-state index contributed by atoms with van der Waals surface area (Å²) in [7, 11) is 1.96. The lowest BCUT2D eigenvalue weighted by Crippen LogP contribution is -2.36. The maximum Gasteiger partial charge on any atom is 0.419 e. The smallest absolute Gasteiger partial charge is 0.419 e. The van der Waals surface area contributed by atoms with Crippen molar-refractivity contribution < 1.29 is 32.2 Å². The fourth-order valence-corrected chi connectivity index (χ4v) is 4.78. The number of anilines is 1. The summed E-state index contributed by atoms with van der Waals surface area (Å²) >= 11 is 0. The number of esters is 1. The lowest BCUT2D eigenvalue weighted by atomic mass is 10.0. The van der Waals surface area contributed by atoms with E-state index in [1.807, 2.05) is 19.2 Å². The highest BCUT2D eigenvalue weighted by molar-refractivity contribution is 6.05. The van der Waals surface area contributed by atoms with Crippen LogP contribution < -0.4 is 10.1 Å². The molecular weight excluding hydrogens is 537 g/mol. The third-order valence-electron chi connectivity index (χ3n) is 7.01. The summed E-state index contributed by atoms with van der Waals surface area (Å²) in [5.41, 5.74) is 1.86. The van der Waals surface area contributed by atoms with Crippen LogP contribution in [0.4, 0.5) is 18.9 Å². The number of amides is 1. The van der Waals surface area contributed by atoms with E-state index in [2.05, 4.69) is 20.4 Å². The third kappa shape index (κ3) is 6.35. The second kappa shape index (κ2) is 11.6. The fourth-order valence-electron chi connectivity index (χ4n) is 4.78. The number of alkyl halides is 3. The molecule has 8 nitrogen and oxygen atoms in total. The van der Waals surface area contributed by atoms with Crippen LogP contribution >= 0.6 is 0 Å². The highest BCUT2D eigenvalue weighted by Crippen LogP contribution is 2.38. The Balaban J connectivity index is 1.29. The number of halogens is 3. The number of carbonyl (C=O) groups is 2. The quantitative estimate of drug-likeness (QED) is 0.261. The Morgan fingerprint density at radius 1 is 1.02 bits per heavy atom. The van der Waals surface area contributed by atoms with Gasteiger partial charge in [-0.25, -0.2) is 4.79 Å². The molecule has 0 aliphatic carbocycles. The van der Waals surface area contributed by atoms with Gasteiger partial charge in [-0.15, -0.1) is 0 Å². The third-order valence-corrected chi connectivity index (χ3v) is 7.01. The van der Waals surface area contributed by atoms with Crippen molar-refractivity contribution in [2.45, 2.75) is 32.0 Å². The normalized spacial score (nSPS) is 14.7. The van der Waals surface area contributed by atoms with Gasteiger partial charge in [0.2, 0.25) is 0 Å². The molecular formula is C30H29F3N4O4. The number of ether oxygens (including phenoxy) is 2. The Labute approximate surface area is 234 Å². The Bertz CT molecular complexity index is 1560. The number of nitrogens with zero attached hydrogens (tertiary/aromatic N) is 2. The molecule has 0 radical (unpaired) electrons. The highest BCUT2D eigenvalue weighted by Gasteiger charge is 2.36. The Kier molecular flexibility index (Phi) is 7.98. The number of likely N-dealkylation sites (tertiary alicyclic amines) is 1. The first-order valence-electron chi connectivity index (χ1n) is 13.3. The van der Waals surface area contributed by atoms with Gasteiger partial charge in [-0.1, -0.05) is 18.2 Å². The van der Waals surface area contributed by atoms with Crippen molar-refractivity contribution in [3.63, 3.8) is 0 Å². The molecule has 1 amide bonds. The molecule has 1 aliphatic rings. The summed E-state index contributed by atoms with van der Waals surface area (Å²) in [5, 5.41) is 10.2. The number of rotatable bonds is 7. The number of hydrogen-bond donors (Lipinski definition) is 2. The van der Waals surface area contributed by atoms with Crippen LogP contribution in [0.1, 0.15) is 46.2 Å². The van der Waals surface area contributed by atoms with Gasteiger partial charge in [-0.05, 0) is 80.4 Å². The summed E-state index contributed by atoms with van der Waals surface area (Å²) in [4.78, 5) is 27.0. The lowest BCUT2D eigenvalue weighted by molar-refractivity contribution is -0.139. The van der Waals surface area contributed by atoms with Crippen LogP contribution in [0.25, 0.3) is 22.0 Å². The second-order valence-electron chi connectivity index (χ2n) is 9.91. The van der Waals surface area contributed by atoms with Crippen LogP contribution in [0, 0.1) is 0 Å². The molecule has 5 rings (SSSR count). The minimum atomic E-state index is -4.68. The van der Waals surface area contributed by atoms with Gasteiger partial charge in [-0.2, -0.15) is 18.3 Å². The van der Waals surface area contributed by atoms with Crippen molar-refractivity contribution in [2.24, 2.45) is 0 Å². The first-order valence-corrected chi connectivity index (χ1v) is 13.3. The molecule has 1 aromatic heterocycles. The van der Waals surface area contributed by atoms with Gasteiger partial charge in [-0.3, -0.25) is 9.89 Å². The topological polar surface area (TPSA) is 96.5 Å². The predicted octanol–water partition coefficient (Wildman–Crippen LogP) is 6.15. The maximum absolute atomic E-state index is 13.9. The molecule has 1 aliphatic heterocycles. The summed E-state index contributed by atoms with van der Waals surface area (Å²) in [6, 6.07) is 15.7. The van der Waals surface area contributed by atoms with E-state index in [1.165, 1.54) is 12.1 Å². The van der Waals surface area contributed by atoms with E-state index < -0.39 is 23.6 Å². The molecule has 2 N–H and O–H groups in total. The number of carbonyl (C=O) groups excluding carboxylic acids is 2. The lowest BCUT2D eigenvalue weighted by Gasteiger charge is -2.30. The van der Waals surface area contributed by atoms with Gasteiger partial charge in [0.05, 0.1) is 17.7 Å². The van der Waals surface area contributed by atoms with Crippen LogP contribution in [-0.2, 0) is 10.9 Å². The number of H-pyrrole nitrogens is 1. The van der Waals surface area contributed by atoms with Crippen molar-refractivity contribution in [1.29, 1.82) is 0 Å². The first kappa shape index (κ1) is 28.2. The zero-order valence-electron chi connectivity index (χ0n) is 22.5. The Morgan fingerprint density at radius 3 is 2.41 bits per heavy atom. The minimum Gasteiger partial charge on any atom is -0.490 e. The molecule has 1 saturated heterocycles. The number of hydrogen-bond acceptors (Lipinski definition) is 6. The van der Waals surface area contributed by atoms with E-state index in [0.717, 1.165) is 30.3 Å². The van der Waals surface area contributed by atoms with E-state index in [9.17, 15) is 22.8 Å². The van der Waals surface area contributed by atoms with E-state index in [1.54, 1.807) is 37.3 Å². The van der Waals surface area contributed by atoms with Crippen LogP contribution in [0.15, 0.2) is 60.7 Å². The van der Waals surface area contributed by atoms with Crippen molar-refractivity contribution in [3.05, 3.63) is 77.5 Å². The molecule has 0 atom stereocenters. The summed E-state index contributed by atoms with van der Waals surface area (Å²) in [6.07, 6.45) is -3.71.